The summed E-state index contributed by atoms with van der Waals surface area (Å²) in [6.45, 7) is 2.17. The van der Waals surface area contributed by atoms with Gasteiger partial charge < -0.3 is 46.1 Å². The zero-order valence-corrected chi connectivity index (χ0v) is 19.7. The van der Waals surface area contributed by atoms with E-state index in [4.69, 9.17) is 30.7 Å². The summed E-state index contributed by atoms with van der Waals surface area (Å²) in [5, 5.41) is 20.4. The minimum absolute atomic E-state index is 0. The van der Waals surface area contributed by atoms with E-state index in [0.29, 0.717) is 18.9 Å². The van der Waals surface area contributed by atoms with E-state index in [9.17, 15) is 15.0 Å². The molecule has 0 aromatic carbocycles. The summed E-state index contributed by atoms with van der Waals surface area (Å²) in [7, 11) is -4.89. The fraction of sp³-hybridized carbons (Fsp3) is 0.941. The number of carbonyl (C=O) groups excluding carboxylic acids is 1. The van der Waals surface area contributed by atoms with Crippen LogP contribution in [0.3, 0.4) is 0 Å². The van der Waals surface area contributed by atoms with Gasteiger partial charge in [0.25, 0.3) is 7.82 Å². The van der Waals surface area contributed by atoms with E-state index >= 15 is 0 Å². The Bertz CT molecular complexity index is 501. The molecule has 2 aliphatic carbocycles. The number of carbonyl (C=O) groups is 1. The van der Waals surface area contributed by atoms with E-state index in [2.05, 4.69) is 4.90 Å². The van der Waals surface area contributed by atoms with Crippen LogP contribution >= 0.6 is 7.82 Å². The number of rotatable bonds is 2. The van der Waals surface area contributed by atoms with Gasteiger partial charge in [-0.15, -0.1) is 0 Å². The van der Waals surface area contributed by atoms with Crippen molar-refractivity contribution in [1.29, 1.82) is 0 Å². The molecule has 10 nitrogen and oxygen atoms in total. The number of hydrogen-bond acceptors (Lipinski definition) is 8. The van der Waals surface area contributed by atoms with Gasteiger partial charge in [0.1, 0.15) is 0 Å². The normalized spacial score (nSPS) is 32.7. The first-order valence-electron chi connectivity index (χ1n) is 9.89. The summed E-state index contributed by atoms with van der Waals surface area (Å²) in [5.74, 6) is -1.75. The number of nitrogens with zero attached hydrogens (tertiary/aromatic N) is 1. The van der Waals surface area contributed by atoms with Gasteiger partial charge in [0, 0.05) is 30.0 Å². The largest absolute Gasteiger partial charge is 2.00 e. The molecule has 0 spiro atoms. The molecule has 3 aliphatic rings. The van der Waals surface area contributed by atoms with Crippen LogP contribution in [0.25, 0.3) is 0 Å². The summed E-state index contributed by atoms with van der Waals surface area (Å²) >= 11 is 0. The number of phosphoric acid groups is 1. The Morgan fingerprint density at radius 3 is 1.79 bits per heavy atom. The molecule has 1 saturated heterocycles. The van der Waals surface area contributed by atoms with Crippen LogP contribution in [-0.2, 0) is 30.4 Å². The number of nitrogens with two attached hydrogens (primary N) is 2. The van der Waals surface area contributed by atoms with Crippen molar-refractivity contribution in [2.24, 2.45) is 17.4 Å². The molecule has 0 aromatic rings. The molecule has 0 bridgehead atoms. The Kier molecular flexibility index (Phi) is 14.3. The topological polar surface area (TPSA) is 196 Å². The molecule has 29 heavy (non-hydrogen) atoms. The molecule has 0 aromatic heterocycles. The van der Waals surface area contributed by atoms with Crippen LogP contribution in [0, 0.1) is 5.92 Å². The smallest absolute Gasteiger partial charge is 0.756 e. The third-order valence-electron chi connectivity index (χ3n) is 5.62. The SMILES string of the molecule is N[C@H]1CCCC[C@@H]1N.O=C([O-])C1CC(N2CCCC2)CCC1O.O=P([O-])(O)O.[Pt+2]. The van der Waals surface area contributed by atoms with E-state index in [0.717, 1.165) is 32.4 Å². The summed E-state index contributed by atoms with van der Waals surface area (Å²) in [6.07, 6.45) is 8.61. The van der Waals surface area contributed by atoms with Crippen LogP contribution < -0.4 is 21.5 Å². The van der Waals surface area contributed by atoms with Gasteiger partial charge in [0.05, 0.1) is 6.10 Å². The number of aliphatic carboxylic acids is 1. The van der Waals surface area contributed by atoms with Crippen molar-refractivity contribution >= 4 is 13.8 Å². The van der Waals surface area contributed by atoms with Crippen LogP contribution in [0.5, 0.6) is 0 Å². The maximum absolute atomic E-state index is 10.8. The van der Waals surface area contributed by atoms with Crippen LogP contribution in [0.2, 0.25) is 0 Å². The number of aliphatic hydroxyl groups excluding tert-OH is 1. The minimum atomic E-state index is -4.89. The first-order chi connectivity index (χ1) is 13.0. The molecule has 0 amide bonds. The fourth-order valence-electron chi connectivity index (χ4n) is 4.01. The molecular weight excluding hydrogens is 584 g/mol. The van der Waals surface area contributed by atoms with Crippen LogP contribution in [0.15, 0.2) is 0 Å². The predicted molar refractivity (Wildman–Crippen MR) is 99.4 cm³/mol. The van der Waals surface area contributed by atoms with Crippen molar-refractivity contribution in [3.05, 3.63) is 0 Å². The first-order valence-corrected chi connectivity index (χ1v) is 11.4. The second-order valence-electron chi connectivity index (χ2n) is 7.81. The Balaban J connectivity index is 0.000000473. The van der Waals surface area contributed by atoms with E-state index in [1.807, 2.05) is 0 Å². The quantitative estimate of drug-likeness (QED) is 0.216. The second kappa shape index (κ2) is 14.2. The average Bonchev–Trinajstić information content (AvgIpc) is 3.11. The molecule has 5 atom stereocenters. The molecule has 1 aliphatic heterocycles. The Hall–Kier alpha value is 0.108. The Morgan fingerprint density at radius 2 is 1.41 bits per heavy atom. The van der Waals surface area contributed by atoms with E-state index in [1.165, 1.54) is 25.7 Å². The minimum Gasteiger partial charge on any atom is -0.756 e. The molecule has 3 fully saturated rings. The average molecular weight is 619 g/mol. The molecule has 3 rings (SSSR count). The number of carboxylic acid groups (broad SMARTS) is 1. The van der Waals surface area contributed by atoms with Crippen molar-refractivity contribution in [3.63, 3.8) is 0 Å². The zero-order chi connectivity index (χ0) is 21.3. The fourth-order valence-corrected chi connectivity index (χ4v) is 4.01. The van der Waals surface area contributed by atoms with E-state index < -0.39 is 25.8 Å². The van der Waals surface area contributed by atoms with Crippen LogP contribution in [-0.4, -0.2) is 63.1 Å². The summed E-state index contributed by atoms with van der Waals surface area (Å²) in [4.78, 5) is 36.1. The van der Waals surface area contributed by atoms with Gasteiger partial charge >= 0.3 is 21.1 Å². The van der Waals surface area contributed by atoms with Gasteiger partial charge in [0.2, 0.25) is 0 Å². The standard InChI is InChI=1S/C11H19NO3.C6H14N2.H3O4P.Pt/c13-10-4-3-8(7-9(10)11(14)15)12-5-1-2-6-12;7-5-3-1-2-4-6(5)8;1-5(2,3)4;/h8-10,13H,1-7H2,(H,14,15);5-6H,1-4,7-8H2;(H3,1,2,3,4);/q;;;+2/p-2/t;5-,6-;;/m.0../s1. The maximum Gasteiger partial charge on any atom is 2.00 e. The van der Waals surface area contributed by atoms with Crippen molar-refractivity contribution in [2.75, 3.05) is 13.1 Å². The Labute approximate surface area is 186 Å². The molecule has 2 saturated carbocycles. The van der Waals surface area contributed by atoms with Crippen LogP contribution in [0.1, 0.15) is 57.8 Å². The van der Waals surface area contributed by atoms with E-state index in [-0.39, 0.29) is 33.1 Å². The summed E-state index contributed by atoms with van der Waals surface area (Å²) in [5.41, 5.74) is 11.3. The zero-order valence-electron chi connectivity index (χ0n) is 16.5. The number of hydrogen-bond donors (Lipinski definition) is 5. The van der Waals surface area contributed by atoms with Gasteiger partial charge in [-0.1, -0.05) is 12.8 Å². The maximum atomic E-state index is 10.8. The third kappa shape index (κ3) is 12.5. The second-order valence-corrected chi connectivity index (χ2v) is 8.79. The molecular formula is C17H34N3O7PPt. The summed E-state index contributed by atoms with van der Waals surface area (Å²) < 4.78 is 8.77. The van der Waals surface area contributed by atoms with Crippen molar-refractivity contribution in [2.45, 2.75) is 82.0 Å². The Morgan fingerprint density at radius 1 is 0.966 bits per heavy atom. The monoisotopic (exact) mass is 618 g/mol. The molecule has 0 radical (unpaired) electrons. The van der Waals surface area contributed by atoms with Crippen molar-refractivity contribution < 1.29 is 55.3 Å². The first kappa shape index (κ1) is 29.1. The van der Waals surface area contributed by atoms with Gasteiger partial charge in [-0.3, -0.25) is 4.57 Å². The molecule has 3 unspecified atom stereocenters. The molecule has 12 heteroatoms. The van der Waals surface area contributed by atoms with Crippen molar-refractivity contribution in [3.8, 4) is 0 Å². The van der Waals surface area contributed by atoms with Gasteiger partial charge in [-0.05, 0) is 58.0 Å². The van der Waals surface area contributed by atoms with Crippen molar-refractivity contribution in [1.82, 2.24) is 4.90 Å². The molecule has 174 valence electrons. The van der Waals surface area contributed by atoms with Gasteiger partial charge in [-0.25, -0.2) is 0 Å². The molecule has 7 N–H and O–H groups in total. The van der Waals surface area contributed by atoms with Crippen LogP contribution in [0.4, 0.5) is 0 Å². The number of aliphatic hydroxyl groups is 1. The number of likely N-dealkylation sites (tertiary alicyclic amines) is 1. The number of carboxylic acids is 1. The van der Waals surface area contributed by atoms with Gasteiger partial charge in [0.15, 0.2) is 0 Å². The van der Waals surface area contributed by atoms with Gasteiger partial charge in [-0.2, -0.15) is 0 Å². The van der Waals surface area contributed by atoms with E-state index in [1.54, 1.807) is 0 Å². The summed E-state index contributed by atoms with van der Waals surface area (Å²) in [6, 6.07) is 0.909. The predicted octanol–water partition coefficient (Wildman–Crippen LogP) is -1.99. The third-order valence-corrected chi connectivity index (χ3v) is 5.62. The molecule has 1 heterocycles.